The van der Waals surface area contributed by atoms with Crippen LogP contribution in [0.4, 0.5) is 0 Å². The van der Waals surface area contributed by atoms with E-state index in [2.05, 4.69) is 33.8 Å². The molecule has 7 aliphatic rings. The van der Waals surface area contributed by atoms with Crippen LogP contribution in [0.25, 0.3) is 0 Å². The lowest BCUT2D eigenvalue weighted by Crippen LogP contribution is -2.60. The minimum Gasteiger partial charge on any atom is -0.394 e. The predicted octanol–water partition coefficient (Wildman–Crippen LogP) is 3.54. The summed E-state index contributed by atoms with van der Waals surface area (Å²) in [5, 5.41) is 40.4. The Morgan fingerprint density at radius 2 is 1.78 bits per heavy atom. The van der Waals surface area contributed by atoms with Gasteiger partial charge in [-0.1, -0.05) is 39.3 Å². The Morgan fingerprint density at radius 1 is 0.976 bits per heavy atom. The molecule has 41 heavy (non-hydrogen) atoms. The largest absolute Gasteiger partial charge is 0.394 e. The summed E-state index contributed by atoms with van der Waals surface area (Å²) in [5.41, 5.74) is 1.91. The molecule has 0 radical (unpaired) electrons. The van der Waals surface area contributed by atoms with Crippen LogP contribution in [-0.4, -0.2) is 82.3 Å². The Bertz CT molecular complexity index is 1020. The van der Waals surface area contributed by atoms with Gasteiger partial charge < -0.3 is 39.4 Å². The van der Waals surface area contributed by atoms with E-state index >= 15 is 0 Å². The van der Waals surface area contributed by atoms with Gasteiger partial charge in [-0.3, -0.25) is 0 Å². The number of hydrogen-bond acceptors (Lipinski definition) is 8. The highest BCUT2D eigenvalue weighted by atomic mass is 16.7. The minimum atomic E-state index is -1.41. The Morgan fingerprint density at radius 3 is 2.51 bits per heavy atom. The van der Waals surface area contributed by atoms with Crippen molar-refractivity contribution in [1.29, 1.82) is 0 Å². The van der Waals surface area contributed by atoms with Crippen LogP contribution in [0.1, 0.15) is 85.5 Å². The fraction of sp³-hybridized carbons (Fsp3) is 0.939. The number of fused-ring (bicyclic) bond motifs is 7. The fourth-order valence-electron chi connectivity index (χ4n) is 11.1. The third kappa shape index (κ3) is 4.29. The van der Waals surface area contributed by atoms with E-state index in [0.29, 0.717) is 47.0 Å². The Balaban J connectivity index is 1.05. The van der Waals surface area contributed by atoms with E-state index < -0.39 is 37.3 Å². The molecule has 3 saturated carbocycles. The van der Waals surface area contributed by atoms with Gasteiger partial charge in [0.05, 0.1) is 25.4 Å². The molecule has 8 nitrogen and oxygen atoms in total. The normalized spacial score (nSPS) is 58.3. The van der Waals surface area contributed by atoms with Gasteiger partial charge in [0.25, 0.3) is 0 Å². The Labute approximate surface area is 244 Å². The van der Waals surface area contributed by atoms with Gasteiger partial charge in [0.15, 0.2) is 12.1 Å². The molecule has 0 unspecified atom stereocenters. The van der Waals surface area contributed by atoms with Gasteiger partial charge in [-0.05, 0) is 91.8 Å². The molecule has 0 bridgehead atoms. The van der Waals surface area contributed by atoms with E-state index in [4.69, 9.17) is 18.9 Å². The zero-order valence-electron chi connectivity index (χ0n) is 25.3. The van der Waals surface area contributed by atoms with E-state index in [1.165, 1.54) is 24.8 Å². The standard InChI is InChI=1S/C33H52O8/c1-17-7-12-33(38-16-17)18(2)26-24(41-33)14-23-21-6-5-19-13-20(8-10-31(19,3)22(21)9-11-32(23,26)4)39-30-29(37)28(36)27(35)25(15-34)40-30/h5,17-18,20-30,34-37H,6-16H2,1-4H3/t17-,18+,20+,21-,22+,23-,24+,25-,26+,27-,28+,29-,30-,31+,32+,33-/m1/s1. The van der Waals surface area contributed by atoms with E-state index in [-0.39, 0.29) is 17.3 Å². The summed E-state index contributed by atoms with van der Waals surface area (Å²) >= 11 is 0. The molecule has 8 heteroatoms. The molecule has 0 aromatic heterocycles. The molecule has 3 heterocycles. The fourth-order valence-corrected chi connectivity index (χ4v) is 11.1. The average Bonchev–Trinajstić information content (AvgIpc) is 3.40. The van der Waals surface area contributed by atoms with E-state index in [0.717, 1.165) is 45.1 Å². The zero-order valence-corrected chi connectivity index (χ0v) is 25.3. The zero-order chi connectivity index (χ0) is 28.9. The highest BCUT2D eigenvalue weighted by Crippen LogP contribution is 2.70. The summed E-state index contributed by atoms with van der Waals surface area (Å²) in [4.78, 5) is 0. The summed E-state index contributed by atoms with van der Waals surface area (Å²) in [6, 6.07) is 0. The van der Waals surface area contributed by atoms with Gasteiger partial charge in [-0.25, -0.2) is 0 Å². The van der Waals surface area contributed by atoms with Crippen LogP contribution in [0.5, 0.6) is 0 Å². The van der Waals surface area contributed by atoms with Gasteiger partial charge >= 0.3 is 0 Å². The van der Waals surface area contributed by atoms with Gasteiger partial charge in [0, 0.05) is 12.3 Å². The maximum absolute atomic E-state index is 10.5. The van der Waals surface area contributed by atoms with Gasteiger partial charge in [0.1, 0.15) is 24.4 Å². The first-order valence-corrected chi connectivity index (χ1v) is 16.5. The SMILES string of the molecule is C[C@@H]1CC[C@@]2(OC1)O[C@H]1C[C@@H]3[C@@H]4CC=C5C[C@@H](O[C@@H]6O[C@H](CO)[C@@H](O)[C@H](O)[C@H]6O)CC[C@]5(C)[C@H]4CC[C@]3(C)[C@H]1[C@@H]2C. The van der Waals surface area contributed by atoms with Crippen molar-refractivity contribution in [2.75, 3.05) is 13.2 Å². The first kappa shape index (κ1) is 29.1. The maximum Gasteiger partial charge on any atom is 0.186 e. The summed E-state index contributed by atoms with van der Waals surface area (Å²) in [5.74, 6) is 3.28. The molecule has 3 saturated heterocycles. The third-order valence-corrected chi connectivity index (χ3v) is 13.5. The van der Waals surface area contributed by atoms with Gasteiger partial charge in [-0.2, -0.15) is 0 Å². The topological polar surface area (TPSA) is 118 Å². The monoisotopic (exact) mass is 576 g/mol. The van der Waals surface area contributed by atoms with Crippen LogP contribution in [-0.2, 0) is 18.9 Å². The molecule has 3 aliphatic heterocycles. The van der Waals surface area contributed by atoms with Crippen molar-refractivity contribution in [2.24, 2.45) is 46.3 Å². The number of ether oxygens (including phenoxy) is 4. The van der Waals surface area contributed by atoms with Crippen LogP contribution in [0.3, 0.4) is 0 Å². The summed E-state index contributed by atoms with van der Waals surface area (Å²) in [6.07, 6.45) is 6.24. The number of allylic oxidation sites excluding steroid dienone is 1. The summed E-state index contributed by atoms with van der Waals surface area (Å²) in [7, 11) is 0. The lowest BCUT2D eigenvalue weighted by Gasteiger charge is -2.58. The first-order chi connectivity index (χ1) is 19.5. The number of aliphatic hydroxyl groups excluding tert-OH is 4. The molecule has 4 N–H and O–H groups in total. The summed E-state index contributed by atoms with van der Waals surface area (Å²) < 4.78 is 25.3. The van der Waals surface area contributed by atoms with Crippen molar-refractivity contribution in [1.82, 2.24) is 0 Å². The Hall–Kier alpha value is -0.580. The average molecular weight is 577 g/mol. The lowest BCUT2D eigenvalue weighted by molar-refractivity contribution is -0.313. The lowest BCUT2D eigenvalue weighted by atomic mass is 9.47. The van der Waals surface area contributed by atoms with Crippen molar-refractivity contribution in [3.8, 4) is 0 Å². The molecular weight excluding hydrogens is 524 g/mol. The number of hydrogen-bond donors (Lipinski definition) is 4. The van der Waals surface area contributed by atoms with Gasteiger partial charge in [-0.15, -0.1) is 0 Å². The predicted molar refractivity (Wildman–Crippen MR) is 150 cm³/mol. The number of aliphatic hydroxyl groups is 4. The highest BCUT2D eigenvalue weighted by Gasteiger charge is 2.68. The quantitative estimate of drug-likeness (QED) is 0.377. The number of rotatable bonds is 3. The van der Waals surface area contributed by atoms with Crippen LogP contribution < -0.4 is 0 Å². The van der Waals surface area contributed by atoms with Crippen molar-refractivity contribution >= 4 is 0 Å². The van der Waals surface area contributed by atoms with Gasteiger partial charge in [0.2, 0.25) is 0 Å². The first-order valence-electron chi connectivity index (χ1n) is 16.5. The molecule has 7 rings (SSSR count). The third-order valence-electron chi connectivity index (χ3n) is 13.5. The maximum atomic E-state index is 10.5. The Kier molecular flexibility index (Phi) is 7.27. The van der Waals surface area contributed by atoms with Crippen molar-refractivity contribution < 1.29 is 39.4 Å². The van der Waals surface area contributed by atoms with E-state index in [1.54, 1.807) is 0 Å². The van der Waals surface area contributed by atoms with E-state index in [1.807, 2.05) is 0 Å². The van der Waals surface area contributed by atoms with Crippen molar-refractivity contribution in [2.45, 2.75) is 134 Å². The molecule has 4 aliphatic carbocycles. The molecule has 16 atom stereocenters. The molecule has 0 amide bonds. The van der Waals surface area contributed by atoms with Crippen LogP contribution in [0.2, 0.25) is 0 Å². The molecular formula is C33H52O8. The second kappa shape index (κ2) is 10.2. The van der Waals surface area contributed by atoms with Crippen LogP contribution in [0, 0.1) is 46.3 Å². The smallest absolute Gasteiger partial charge is 0.186 e. The van der Waals surface area contributed by atoms with Crippen LogP contribution in [0.15, 0.2) is 11.6 Å². The van der Waals surface area contributed by atoms with Crippen LogP contribution >= 0.6 is 0 Å². The van der Waals surface area contributed by atoms with Crippen molar-refractivity contribution in [3.63, 3.8) is 0 Å². The summed E-state index contributed by atoms with van der Waals surface area (Å²) in [6.45, 7) is 10.1. The second-order valence-corrected chi connectivity index (χ2v) is 15.5. The molecule has 1 spiro atoms. The van der Waals surface area contributed by atoms with Crippen molar-refractivity contribution in [3.05, 3.63) is 11.6 Å². The second-order valence-electron chi connectivity index (χ2n) is 15.5. The molecule has 232 valence electrons. The van der Waals surface area contributed by atoms with E-state index in [9.17, 15) is 20.4 Å². The highest BCUT2D eigenvalue weighted by molar-refractivity contribution is 5.26. The molecule has 6 fully saturated rings. The molecule has 0 aromatic carbocycles. The molecule has 0 aromatic rings. The minimum absolute atomic E-state index is 0.129.